The van der Waals surface area contributed by atoms with Crippen LogP contribution in [0.1, 0.15) is 39.5 Å². The number of benzene rings is 2. The average Bonchev–Trinajstić information content (AvgIpc) is 3.32. The van der Waals surface area contributed by atoms with E-state index in [0.717, 1.165) is 45.3 Å². The number of fused-ring (bicyclic) bond motifs is 1. The van der Waals surface area contributed by atoms with Crippen molar-refractivity contribution < 1.29 is 14.0 Å². The molecule has 0 bridgehead atoms. The van der Waals surface area contributed by atoms with Crippen LogP contribution >= 0.6 is 0 Å². The first kappa shape index (κ1) is 34.2. The van der Waals surface area contributed by atoms with Crippen molar-refractivity contribution in [3.63, 3.8) is 0 Å². The molecule has 0 aliphatic carbocycles. The van der Waals surface area contributed by atoms with Gasteiger partial charge in [0.15, 0.2) is 0 Å². The second-order valence-corrected chi connectivity index (χ2v) is 9.60. The number of hydrogen-bond donors (Lipinski definition) is 4. The lowest BCUT2D eigenvalue weighted by Gasteiger charge is -2.12. The molecule has 0 aliphatic rings. The van der Waals surface area contributed by atoms with Crippen LogP contribution in [0.25, 0.3) is 22.3 Å². The van der Waals surface area contributed by atoms with E-state index in [1.54, 1.807) is 37.4 Å². The van der Waals surface area contributed by atoms with Gasteiger partial charge in [0.25, 0.3) is 5.91 Å². The third-order valence-corrected chi connectivity index (χ3v) is 6.41. The summed E-state index contributed by atoms with van der Waals surface area (Å²) >= 11 is 0. The van der Waals surface area contributed by atoms with Crippen LogP contribution in [0.4, 0.5) is 4.39 Å². The van der Waals surface area contributed by atoms with E-state index in [-0.39, 0.29) is 11.7 Å². The fourth-order valence-corrected chi connectivity index (χ4v) is 4.38. The van der Waals surface area contributed by atoms with Gasteiger partial charge in [0.1, 0.15) is 5.82 Å². The van der Waals surface area contributed by atoms with Crippen molar-refractivity contribution in [3.05, 3.63) is 126 Å². The molecule has 226 valence electrons. The van der Waals surface area contributed by atoms with E-state index in [4.69, 9.17) is 5.73 Å². The van der Waals surface area contributed by atoms with Crippen molar-refractivity contribution in [2.24, 2.45) is 5.73 Å². The number of allylic oxidation sites excluding steroid dienone is 2. The maximum Gasteiger partial charge on any atom is 0.251 e. The molecule has 0 aliphatic heterocycles. The Labute approximate surface area is 253 Å². The molecule has 0 unspecified atom stereocenters. The molecule has 2 amide bonds. The summed E-state index contributed by atoms with van der Waals surface area (Å²) in [5, 5.41) is 8.98. The molecule has 9 heteroatoms. The van der Waals surface area contributed by atoms with E-state index >= 15 is 0 Å². The number of carbonyl (C=O) groups is 2. The molecule has 8 nitrogen and oxygen atoms in total. The van der Waals surface area contributed by atoms with Crippen LogP contribution in [0.2, 0.25) is 0 Å². The second-order valence-electron chi connectivity index (χ2n) is 9.60. The number of rotatable bonds is 9. The van der Waals surface area contributed by atoms with E-state index in [0.29, 0.717) is 29.9 Å². The lowest BCUT2D eigenvalue weighted by molar-refractivity contribution is -0.108. The first-order valence-corrected chi connectivity index (χ1v) is 13.7. The smallest absolute Gasteiger partial charge is 0.251 e. The van der Waals surface area contributed by atoms with Crippen LogP contribution < -0.4 is 21.7 Å². The number of halogens is 1. The first-order chi connectivity index (χ1) is 20.6. The molecule has 5 N–H and O–H groups in total. The van der Waals surface area contributed by atoms with Gasteiger partial charge in [-0.2, -0.15) is 0 Å². The van der Waals surface area contributed by atoms with Gasteiger partial charge in [-0.15, -0.1) is 6.58 Å². The number of nitrogens with two attached hydrogens (primary N) is 1. The number of nitrogens with zero attached hydrogens (tertiary/aromatic N) is 2. The van der Waals surface area contributed by atoms with Crippen LogP contribution in [0.15, 0.2) is 92.1 Å². The minimum absolute atomic E-state index is 0.133. The highest BCUT2D eigenvalue weighted by molar-refractivity contribution is 5.97. The van der Waals surface area contributed by atoms with Gasteiger partial charge in [0.05, 0.1) is 17.4 Å². The van der Waals surface area contributed by atoms with Gasteiger partial charge in [-0.1, -0.05) is 30.9 Å². The molecular formula is C34H41FN6O2. The maximum atomic E-state index is 13.4. The highest BCUT2D eigenvalue weighted by Gasteiger charge is 2.12. The van der Waals surface area contributed by atoms with Gasteiger partial charge in [-0.3, -0.25) is 14.6 Å². The van der Waals surface area contributed by atoms with Crippen molar-refractivity contribution in [1.82, 2.24) is 25.5 Å². The predicted octanol–water partition coefficient (Wildman–Crippen LogP) is 5.34. The minimum atomic E-state index is -0.211. The van der Waals surface area contributed by atoms with Crippen molar-refractivity contribution >= 4 is 28.9 Å². The fourth-order valence-electron chi connectivity index (χ4n) is 4.38. The number of pyridine rings is 1. The van der Waals surface area contributed by atoms with Crippen LogP contribution in [0.3, 0.4) is 0 Å². The van der Waals surface area contributed by atoms with Gasteiger partial charge in [0.2, 0.25) is 6.41 Å². The molecule has 2 heterocycles. The Hall–Kier alpha value is -5.02. The SMILES string of the molecule is C/C=C(\NC=O)c1cccc(C(=O)NC)c1C.C=C(N)CNC.C=CCc1cncc(-n2cc(C)c3cc(F)ccc32)c1. The molecule has 4 aromatic rings. The summed E-state index contributed by atoms with van der Waals surface area (Å²) in [7, 11) is 3.42. The number of likely N-dealkylation sites (N-methyl/N-ethyl adjacent to an activating group) is 1. The molecule has 0 spiro atoms. The van der Waals surface area contributed by atoms with Gasteiger partial charge in [-0.25, -0.2) is 4.39 Å². The summed E-state index contributed by atoms with van der Waals surface area (Å²) in [6, 6.07) is 12.4. The summed E-state index contributed by atoms with van der Waals surface area (Å²) in [5.74, 6) is -0.345. The zero-order valence-corrected chi connectivity index (χ0v) is 25.5. The zero-order chi connectivity index (χ0) is 31.9. The lowest BCUT2D eigenvalue weighted by atomic mass is 9.99. The molecule has 4 rings (SSSR count). The third-order valence-electron chi connectivity index (χ3n) is 6.41. The van der Waals surface area contributed by atoms with Gasteiger partial charge in [-0.05, 0) is 81.3 Å². The van der Waals surface area contributed by atoms with Gasteiger partial charge < -0.3 is 26.3 Å². The third kappa shape index (κ3) is 9.51. The largest absolute Gasteiger partial charge is 0.401 e. The van der Waals surface area contributed by atoms with E-state index in [9.17, 15) is 14.0 Å². The van der Waals surface area contributed by atoms with Crippen LogP contribution in [0, 0.1) is 19.7 Å². The molecule has 0 saturated heterocycles. The fraction of sp³-hybridized carbons (Fsp3) is 0.206. The van der Waals surface area contributed by atoms with Crippen molar-refractivity contribution in [3.8, 4) is 5.69 Å². The average molecular weight is 585 g/mol. The standard InChI is InChI=1S/C17H15FN2.C13H16N2O2.C4H10N2/c1-3-4-13-7-15(10-19-9-13)20-11-12(2)16-8-14(18)5-6-17(16)20;1-4-12(15-8-16)10-6-5-7-11(9(10)2)13(17)14-3;1-4(5)3-6-2/h3,5-11H,1,4H2,2H3;4-8H,1-3H3,(H,14,17)(H,15,16);6H,1,3,5H2,2H3/b;12-4-;. The monoisotopic (exact) mass is 584 g/mol. The van der Waals surface area contributed by atoms with Crippen molar-refractivity contribution in [1.29, 1.82) is 0 Å². The Bertz CT molecular complexity index is 1610. The van der Waals surface area contributed by atoms with Crippen LogP contribution in [-0.4, -0.2) is 42.5 Å². The van der Waals surface area contributed by atoms with E-state index in [1.807, 2.05) is 63.1 Å². The minimum Gasteiger partial charge on any atom is -0.401 e. The van der Waals surface area contributed by atoms with Gasteiger partial charge >= 0.3 is 0 Å². The number of nitrogens with one attached hydrogen (secondary N) is 3. The van der Waals surface area contributed by atoms with Crippen LogP contribution in [-0.2, 0) is 11.2 Å². The van der Waals surface area contributed by atoms with E-state index in [1.165, 1.54) is 6.07 Å². The molecule has 2 aromatic carbocycles. The van der Waals surface area contributed by atoms with Crippen molar-refractivity contribution in [2.45, 2.75) is 27.2 Å². The highest BCUT2D eigenvalue weighted by atomic mass is 19.1. The van der Waals surface area contributed by atoms with Crippen LogP contribution in [0.5, 0.6) is 0 Å². The topological polar surface area (TPSA) is 114 Å². The number of amides is 2. The molecule has 43 heavy (non-hydrogen) atoms. The second kappa shape index (κ2) is 17.1. The van der Waals surface area contributed by atoms with E-state index in [2.05, 4.69) is 40.2 Å². The lowest BCUT2D eigenvalue weighted by Crippen LogP contribution is -2.20. The Balaban J connectivity index is 0.000000256. The molecule has 0 radical (unpaired) electrons. The Morgan fingerprint density at radius 2 is 1.84 bits per heavy atom. The van der Waals surface area contributed by atoms with Gasteiger partial charge in [0, 0.05) is 53.9 Å². The normalized spacial score (nSPS) is 10.5. The number of aryl methyl sites for hydroxylation is 1. The number of hydrogen-bond acceptors (Lipinski definition) is 5. The molecule has 0 fully saturated rings. The summed E-state index contributed by atoms with van der Waals surface area (Å²) < 4.78 is 15.4. The number of carbonyl (C=O) groups excluding carboxylic acids is 2. The molecule has 0 atom stereocenters. The summed E-state index contributed by atoms with van der Waals surface area (Å²) in [5.41, 5.74) is 12.9. The quantitative estimate of drug-likeness (QED) is 0.157. The molecule has 2 aromatic heterocycles. The van der Waals surface area contributed by atoms with Crippen molar-refractivity contribution in [2.75, 3.05) is 20.6 Å². The predicted molar refractivity (Wildman–Crippen MR) is 174 cm³/mol. The molecule has 0 saturated carbocycles. The maximum absolute atomic E-state index is 13.4. The zero-order valence-electron chi connectivity index (χ0n) is 25.5. The highest BCUT2D eigenvalue weighted by Crippen LogP contribution is 2.25. The summed E-state index contributed by atoms with van der Waals surface area (Å²) in [6.07, 6.45) is 10.7. The van der Waals surface area contributed by atoms with E-state index < -0.39 is 0 Å². The Kier molecular flexibility index (Phi) is 13.6. The summed E-state index contributed by atoms with van der Waals surface area (Å²) in [4.78, 5) is 26.4. The Morgan fingerprint density at radius 3 is 2.42 bits per heavy atom. The molecular weight excluding hydrogens is 543 g/mol. The Morgan fingerprint density at radius 1 is 1.12 bits per heavy atom. The summed E-state index contributed by atoms with van der Waals surface area (Å²) in [6.45, 7) is 13.6. The number of aromatic nitrogens is 2. The first-order valence-electron chi connectivity index (χ1n) is 13.7.